The van der Waals surface area contributed by atoms with Crippen molar-refractivity contribution in [3.63, 3.8) is 0 Å². The standard InChI is InChI=1S/C20H18N4O2S/c1-3-24-19(26)16-6-4-5-7-17(16)23-20(24)27-13(2)18(25)22-15-10-8-14(12-21)9-11-15/h4-11,13H,3H2,1-2H3,(H,22,25)/t13-/m0/s1. The fourth-order valence-corrected chi connectivity index (χ4v) is 3.57. The lowest BCUT2D eigenvalue weighted by Gasteiger charge is -2.15. The summed E-state index contributed by atoms with van der Waals surface area (Å²) in [6, 6.07) is 15.9. The van der Waals surface area contributed by atoms with Crippen LogP contribution in [-0.4, -0.2) is 20.7 Å². The molecule has 0 spiro atoms. The number of anilines is 1. The summed E-state index contributed by atoms with van der Waals surface area (Å²) in [6.07, 6.45) is 0. The van der Waals surface area contributed by atoms with Crippen molar-refractivity contribution >= 4 is 34.3 Å². The number of hydrogen-bond acceptors (Lipinski definition) is 5. The van der Waals surface area contributed by atoms with Crippen molar-refractivity contribution in [2.24, 2.45) is 0 Å². The second-order valence-corrected chi connectivity index (χ2v) is 7.21. The van der Waals surface area contributed by atoms with Gasteiger partial charge in [0.2, 0.25) is 5.91 Å². The molecular weight excluding hydrogens is 360 g/mol. The van der Waals surface area contributed by atoms with Gasteiger partial charge in [0, 0.05) is 12.2 Å². The van der Waals surface area contributed by atoms with Gasteiger partial charge < -0.3 is 5.32 Å². The zero-order valence-corrected chi connectivity index (χ0v) is 15.8. The maximum atomic E-state index is 12.7. The van der Waals surface area contributed by atoms with Crippen LogP contribution in [-0.2, 0) is 11.3 Å². The molecule has 0 radical (unpaired) electrons. The van der Waals surface area contributed by atoms with Gasteiger partial charge in [-0.15, -0.1) is 0 Å². The summed E-state index contributed by atoms with van der Waals surface area (Å²) >= 11 is 1.25. The topological polar surface area (TPSA) is 87.8 Å². The predicted molar refractivity (Wildman–Crippen MR) is 107 cm³/mol. The summed E-state index contributed by atoms with van der Waals surface area (Å²) in [5.74, 6) is -0.199. The number of thioether (sulfide) groups is 1. The molecule has 1 N–H and O–H groups in total. The summed E-state index contributed by atoms with van der Waals surface area (Å²) in [6.45, 7) is 4.12. The van der Waals surface area contributed by atoms with Crippen LogP contribution < -0.4 is 10.9 Å². The number of fused-ring (bicyclic) bond motifs is 1. The van der Waals surface area contributed by atoms with Crippen molar-refractivity contribution in [3.8, 4) is 6.07 Å². The molecule has 2 aromatic carbocycles. The molecule has 136 valence electrons. The van der Waals surface area contributed by atoms with Crippen molar-refractivity contribution in [2.45, 2.75) is 30.8 Å². The number of para-hydroxylation sites is 1. The Morgan fingerprint density at radius 1 is 1.26 bits per heavy atom. The number of hydrogen-bond donors (Lipinski definition) is 1. The average Bonchev–Trinajstić information content (AvgIpc) is 2.69. The van der Waals surface area contributed by atoms with Crippen LogP contribution in [0.25, 0.3) is 10.9 Å². The Kier molecular flexibility index (Phi) is 5.57. The first-order valence-electron chi connectivity index (χ1n) is 8.50. The van der Waals surface area contributed by atoms with E-state index in [1.807, 2.05) is 25.1 Å². The molecule has 3 aromatic rings. The second-order valence-electron chi connectivity index (χ2n) is 5.90. The Balaban J connectivity index is 1.82. The molecule has 27 heavy (non-hydrogen) atoms. The van der Waals surface area contributed by atoms with Gasteiger partial charge >= 0.3 is 0 Å². The number of amides is 1. The molecule has 0 bridgehead atoms. The molecule has 0 unspecified atom stereocenters. The smallest absolute Gasteiger partial charge is 0.262 e. The van der Waals surface area contributed by atoms with E-state index >= 15 is 0 Å². The Hall–Kier alpha value is -3.11. The molecule has 0 aliphatic rings. The molecule has 1 amide bonds. The van der Waals surface area contributed by atoms with Crippen LogP contribution in [0.2, 0.25) is 0 Å². The molecular formula is C20H18N4O2S. The highest BCUT2D eigenvalue weighted by Gasteiger charge is 2.19. The van der Waals surface area contributed by atoms with Gasteiger partial charge in [0.1, 0.15) is 0 Å². The number of carbonyl (C=O) groups excluding carboxylic acids is 1. The molecule has 3 rings (SSSR count). The summed E-state index contributed by atoms with van der Waals surface area (Å²) < 4.78 is 1.58. The van der Waals surface area contributed by atoms with Crippen molar-refractivity contribution in [1.29, 1.82) is 5.26 Å². The number of carbonyl (C=O) groups is 1. The Labute approximate surface area is 160 Å². The van der Waals surface area contributed by atoms with E-state index in [0.717, 1.165) is 0 Å². The number of nitrogens with one attached hydrogen (secondary N) is 1. The normalized spacial score (nSPS) is 11.7. The van der Waals surface area contributed by atoms with Gasteiger partial charge in [0.15, 0.2) is 5.16 Å². The maximum Gasteiger partial charge on any atom is 0.262 e. The Morgan fingerprint density at radius 3 is 2.63 bits per heavy atom. The lowest BCUT2D eigenvalue weighted by atomic mass is 10.2. The third kappa shape index (κ3) is 4.01. The lowest BCUT2D eigenvalue weighted by Crippen LogP contribution is -2.26. The summed E-state index contributed by atoms with van der Waals surface area (Å²) in [7, 11) is 0. The van der Waals surface area contributed by atoms with Crippen LogP contribution in [0.15, 0.2) is 58.5 Å². The van der Waals surface area contributed by atoms with Gasteiger partial charge in [-0.2, -0.15) is 5.26 Å². The number of rotatable bonds is 5. The minimum Gasteiger partial charge on any atom is -0.325 e. The highest BCUT2D eigenvalue weighted by Crippen LogP contribution is 2.23. The minimum absolute atomic E-state index is 0.106. The monoisotopic (exact) mass is 378 g/mol. The first kappa shape index (κ1) is 18.7. The quantitative estimate of drug-likeness (QED) is 0.543. The van der Waals surface area contributed by atoms with E-state index in [1.165, 1.54) is 11.8 Å². The SMILES string of the molecule is CCn1c(S[C@@H](C)C(=O)Nc2ccc(C#N)cc2)nc2ccccc2c1=O. The van der Waals surface area contributed by atoms with E-state index in [9.17, 15) is 9.59 Å². The van der Waals surface area contributed by atoms with Crippen molar-refractivity contribution in [2.75, 3.05) is 5.32 Å². The number of nitrogens with zero attached hydrogens (tertiary/aromatic N) is 3. The molecule has 0 fully saturated rings. The summed E-state index contributed by atoms with van der Waals surface area (Å²) in [4.78, 5) is 29.7. The number of aromatic nitrogens is 2. The zero-order valence-electron chi connectivity index (χ0n) is 15.0. The van der Waals surface area contributed by atoms with E-state index in [0.29, 0.717) is 33.9 Å². The first-order valence-corrected chi connectivity index (χ1v) is 9.38. The van der Waals surface area contributed by atoms with Crippen LogP contribution in [0, 0.1) is 11.3 Å². The van der Waals surface area contributed by atoms with Crippen LogP contribution >= 0.6 is 11.8 Å². The summed E-state index contributed by atoms with van der Waals surface area (Å²) in [5.41, 5.74) is 1.66. The van der Waals surface area contributed by atoms with Crippen LogP contribution in [0.1, 0.15) is 19.4 Å². The van der Waals surface area contributed by atoms with Gasteiger partial charge in [-0.1, -0.05) is 23.9 Å². The maximum absolute atomic E-state index is 12.7. The van der Waals surface area contributed by atoms with Gasteiger partial charge in [0.05, 0.1) is 27.8 Å². The van der Waals surface area contributed by atoms with Gasteiger partial charge in [-0.05, 0) is 50.2 Å². The third-order valence-electron chi connectivity index (χ3n) is 4.08. The minimum atomic E-state index is -0.452. The third-order valence-corrected chi connectivity index (χ3v) is 5.17. The van der Waals surface area contributed by atoms with E-state index in [-0.39, 0.29) is 11.5 Å². The largest absolute Gasteiger partial charge is 0.325 e. The van der Waals surface area contributed by atoms with E-state index < -0.39 is 5.25 Å². The van der Waals surface area contributed by atoms with Crippen LogP contribution in [0.5, 0.6) is 0 Å². The van der Waals surface area contributed by atoms with Gasteiger partial charge in [-0.3, -0.25) is 14.2 Å². The first-order chi connectivity index (χ1) is 13.0. The van der Waals surface area contributed by atoms with Crippen molar-refractivity contribution in [1.82, 2.24) is 9.55 Å². The molecule has 1 heterocycles. The van der Waals surface area contributed by atoms with Crippen molar-refractivity contribution in [3.05, 3.63) is 64.4 Å². The Morgan fingerprint density at radius 2 is 1.96 bits per heavy atom. The molecule has 0 aliphatic carbocycles. The van der Waals surface area contributed by atoms with Crippen LogP contribution in [0.4, 0.5) is 5.69 Å². The van der Waals surface area contributed by atoms with E-state index in [4.69, 9.17) is 5.26 Å². The van der Waals surface area contributed by atoms with E-state index in [2.05, 4.69) is 10.3 Å². The molecule has 6 nitrogen and oxygen atoms in total. The zero-order chi connectivity index (χ0) is 19.4. The fourth-order valence-electron chi connectivity index (χ4n) is 2.60. The molecule has 7 heteroatoms. The summed E-state index contributed by atoms with van der Waals surface area (Å²) in [5, 5.41) is 12.3. The fraction of sp³-hybridized carbons (Fsp3) is 0.200. The second kappa shape index (κ2) is 8.06. The molecule has 1 atom stereocenters. The highest BCUT2D eigenvalue weighted by molar-refractivity contribution is 8.00. The molecule has 0 saturated carbocycles. The van der Waals surface area contributed by atoms with E-state index in [1.54, 1.807) is 47.9 Å². The molecule has 0 aliphatic heterocycles. The number of nitriles is 1. The molecule has 0 saturated heterocycles. The predicted octanol–water partition coefficient (Wildman–Crippen LogP) is 3.41. The van der Waals surface area contributed by atoms with Crippen molar-refractivity contribution < 1.29 is 4.79 Å². The lowest BCUT2D eigenvalue weighted by molar-refractivity contribution is -0.115. The van der Waals surface area contributed by atoms with Gasteiger partial charge in [-0.25, -0.2) is 4.98 Å². The van der Waals surface area contributed by atoms with Gasteiger partial charge in [0.25, 0.3) is 5.56 Å². The number of benzene rings is 2. The van der Waals surface area contributed by atoms with Crippen LogP contribution in [0.3, 0.4) is 0 Å². The Bertz CT molecular complexity index is 1080. The highest BCUT2D eigenvalue weighted by atomic mass is 32.2. The molecule has 1 aromatic heterocycles. The average molecular weight is 378 g/mol.